The lowest BCUT2D eigenvalue weighted by Gasteiger charge is -2.35. The van der Waals surface area contributed by atoms with Crippen LogP contribution in [0, 0.1) is 13.8 Å². The highest BCUT2D eigenvalue weighted by molar-refractivity contribution is 6.08. The molecule has 1 aliphatic rings. The lowest BCUT2D eigenvalue weighted by atomic mass is 9.98. The second-order valence-corrected chi connectivity index (χ2v) is 7.35. The average Bonchev–Trinajstić information content (AvgIpc) is 2.60. The molecule has 156 valence electrons. The normalized spacial score (nSPS) is 16.6. The molecule has 1 saturated heterocycles. The van der Waals surface area contributed by atoms with Crippen LogP contribution >= 0.6 is 0 Å². The van der Waals surface area contributed by atoms with Gasteiger partial charge in [0.05, 0.1) is 16.8 Å². The number of hydrogen-bond acceptors (Lipinski definition) is 2. The Bertz CT molecular complexity index is 914. The van der Waals surface area contributed by atoms with Crippen molar-refractivity contribution in [2.24, 2.45) is 0 Å². The van der Waals surface area contributed by atoms with Crippen molar-refractivity contribution in [3.63, 3.8) is 0 Å². The van der Waals surface area contributed by atoms with Crippen LogP contribution in [-0.2, 0) is 6.18 Å². The van der Waals surface area contributed by atoms with Gasteiger partial charge < -0.3 is 10.2 Å². The Hall–Kier alpha value is -2.64. The van der Waals surface area contributed by atoms with Gasteiger partial charge >= 0.3 is 6.18 Å². The predicted molar refractivity (Wildman–Crippen MR) is 102 cm³/mol. The summed E-state index contributed by atoms with van der Waals surface area (Å²) < 4.78 is 67.3. The Balaban J connectivity index is 2.00. The van der Waals surface area contributed by atoms with Crippen molar-refractivity contribution in [3.05, 3.63) is 58.7 Å². The summed E-state index contributed by atoms with van der Waals surface area (Å²) in [6.07, 6.45) is -5.55. The van der Waals surface area contributed by atoms with E-state index >= 15 is 0 Å². The van der Waals surface area contributed by atoms with Crippen molar-refractivity contribution in [2.75, 3.05) is 23.3 Å². The van der Waals surface area contributed by atoms with Crippen LogP contribution in [0.2, 0.25) is 0 Å². The van der Waals surface area contributed by atoms with E-state index in [1.54, 1.807) is 18.2 Å². The minimum atomic E-state index is -4.61. The number of carbonyl (C=O) groups is 1. The first-order chi connectivity index (χ1) is 13.5. The van der Waals surface area contributed by atoms with E-state index in [0.29, 0.717) is 5.69 Å². The van der Waals surface area contributed by atoms with Gasteiger partial charge in [-0.05, 0) is 49.2 Å². The van der Waals surface area contributed by atoms with Crippen LogP contribution in [0.1, 0.15) is 39.9 Å². The van der Waals surface area contributed by atoms with Crippen LogP contribution in [0.4, 0.5) is 33.3 Å². The molecular formula is C21H21F5N2O. The predicted octanol–water partition coefficient (Wildman–Crippen LogP) is 5.81. The lowest BCUT2D eigenvalue weighted by Crippen LogP contribution is -2.40. The molecule has 0 unspecified atom stereocenters. The zero-order valence-corrected chi connectivity index (χ0v) is 16.0. The zero-order chi connectivity index (χ0) is 21.4. The third kappa shape index (κ3) is 4.86. The van der Waals surface area contributed by atoms with E-state index in [1.807, 2.05) is 13.0 Å². The fourth-order valence-corrected chi connectivity index (χ4v) is 3.44. The van der Waals surface area contributed by atoms with Gasteiger partial charge in [0.2, 0.25) is 0 Å². The zero-order valence-electron chi connectivity index (χ0n) is 16.0. The van der Waals surface area contributed by atoms with E-state index in [1.165, 1.54) is 17.9 Å². The molecule has 0 radical (unpaired) electrons. The van der Waals surface area contributed by atoms with Crippen molar-refractivity contribution in [3.8, 4) is 0 Å². The Morgan fingerprint density at radius 2 is 1.72 bits per heavy atom. The van der Waals surface area contributed by atoms with Gasteiger partial charge in [-0.15, -0.1) is 0 Å². The molecule has 2 aromatic carbocycles. The molecule has 8 heteroatoms. The fraction of sp³-hybridized carbons (Fsp3) is 0.381. The van der Waals surface area contributed by atoms with E-state index in [2.05, 4.69) is 5.32 Å². The maximum absolute atomic E-state index is 13.5. The lowest BCUT2D eigenvalue weighted by molar-refractivity contribution is -0.138. The monoisotopic (exact) mass is 412 g/mol. The van der Waals surface area contributed by atoms with Gasteiger partial charge in [0.15, 0.2) is 0 Å². The first-order valence-corrected chi connectivity index (χ1v) is 9.19. The SMILES string of the molecule is Cc1cccc(NC(=O)c2cc(C)c(C(F)(F)F)cc2N2CCC(F)(F)CC2)c1. The quantitative estimate of drug-likeness (QED) is 0.646. The number of halogens is 5. The Kier molecular flexibility index (Phi) is 5.56. The molecule has 0 aromatic heterocycles. The average molecular weight is 412 g/mol. The minimum Gasteiger partial charge on any atom is -0.370 e. The van der Waals surface area contributed by atoms with Crippen LogP contribution in [0.5, 0.6) is 0 Å². The molecule has 3 rings (SSSR count). The summed E-state index contributed by atoms with van der Waals surface area (Å²) in [5, 5.41) is 2.69. The molecule has 0 bridgehead atoms. The van der Waals surface area contributed by atoms with E-state index in [-0.39, 0.29) is 29.9 Å². The summed E-state index contributed by atoms with van der Waals surface area (Å²) in [5.41, 5.74) is 0.481. The molecule has 1 amide bonds. The molecule has 3 nitrogen and oxygen atoms in total. The molecule has 2 aromatic rings. The number of rotatable bonds is 3. The molecule has 0 aliphatic carbocycles. The van der Waals surface area contributed by atoms with Crippen LogP contribution in [0.3, 0.4) is 0 Å². The number of anilines is 2. The minimum absolute atomic E-state index is 0.0172. The summed E-state index contributed by atoms with van der Waals surface area (Å²) >= 11 is 0. The van der Waals surface area contributed by atoms with Crippen LogP contribution < -0.4 is 10.2 Å². The van der Waals surface area contributed by atoms with Crippen LogP contribution in [-0.4, -0.2) is 24.9 Å². The largest absolute Gasteiger partial charge is 0.416 e. The summed E-state index contributed by atoms with van der Waals surface area (Å²) in [7, 11) is 0. The Morgan fingerprint density at radius 1 is 1.07 bits per heavy atom. The molecule has 1 heterocycles. The molecular weight excluding hydrogens is 391 g/mol. The number of nitrogens with one attached hydrogen (secondary N) is 1. The highest BCUT2D eigenvalue weighted by Crippen LogP contribution is 2.38. The second kappa shape index (κ2) is 7.65. The highest BCUT2D eigenvalue weighted by atomic mass is 19.4. The fourth-order valence-electron chi connectivity index (χ4n) is 3.44. The molecule has 0 spiro atoms. The molecule has 0 saturated carbocycles. The second-order valence-electron chi connectivity index (χ2n) is 7.35. The summed E-state index contributed by atoms with van der Waals surface area (Å²) in [6.45, 7) is 2.87. The molecule has 0 atom stereocenters. The van der Waals surface area contributed by atoms with Crippen molar-refractivity contribution < 1.29 is 26.7 Å². The van der Waals surface area contributed by atoms with Crippen molar-refractivity contribution in [1.29, 1.82) is 0 Å². The van der Waals surface area contributed by atoms with E-state index < -0.39 is 36.4 Å². The summed E-state index contributed by atoms with van der Waals surface area (Å²) in [5.74, 6) is -3.43. The van der Waals surface area contributed by atoms with Gasteiger partial charge in [0.25, 0.3) is 11.8 Å². The number of amides is 1. The first-order valence-electron chi connectivity index (χ1n) is 9.19. The van der Waals surface area contributed by atoms with Crippen molar-refractivity contribution >= 4 is 17.3 Å². The maximum Gasteiger partial charge on any atom is 0.416 e. The number of alkyl halides is 5. The maximum atomic E-state index is 13.5. The number of carbonyl (C=O) groups excluding carboxylic acids is 1. The number of aryl methyl sites for hydroxylation is 2. The standard InChI is InChI=1S/C21H21F5N2O/c1-13-4-3-5-15(10-13)27-19(29)16-11-14(2)17(21(24,25)26)12-18(16)28-8-6-20(22,23)7-9-28/h3-5,10-12H,6-9H2,1-2H3,(H,27,29). The van der Waals surface area contributed by atoms with E-state index in [9.17, 15) is 26.7 Å². The highest BCUT2D eigenvalue weighted by Gasteiger charge is 2.38. The number of hydrogen-bond donors (Lipinski definition) is 1. The van der Waals surface area contributed by atoms with Gasteiger partial charge in [-0.2, -0.15) is 13.2 Å². The Morgan fingerprint density at radius 3 is 2.31 bits per heavy atom. The van der Waals surface area contributed by atoms with Crippen LogP contribution in [0.25, 0.3) is 0 Å². The third-order valence-corrected chi connectivity index (χ3v) is 5.00. The number of piperidine rings is 1. The number of benzene rings is 2. The van der Waals surface area contributed by atoms with Gasteiger partial charge in [0, 0.05) is 31.6 Å². The smallest absolute Gasteiger partial charge is 0.370 e. The number of nitrogens with zero attached hydrogens (tertiary/aromatic N) is 1. The van der Waals surface area contributed by atoms with E-state index in [4.69, 9.17) is 0 Å². The molecule has 1 aliphatic heterocycles. The Labute approximate surface area is 165 Å². The summed E-state index contributed by atoms with van der Waals surface area (Å²) in [6, 6.07) is 9.06. The van der Waals surface area contributed by atoms with E-state index in [0.717, 1.165) is 11.6 Å². The van der Waals surface area contributed by atoms with Crippen molar-refractivity contribution in [1.82, 2.24) is 0 Å². The van der Waals surface area contributed by atoms with Gasteiger partial charge in [-0.1, -0.05) is 12.1 Å². The summed E-state index contributed by atoms with van der Waals surface area (Å²) in [4.78, 5) is 14.3. The molecule has 1 N–H and O–H groups in total. The third-order valence-electron chi connectivity index (χ3n) is 5.00. The molecule has 1 fully saturated rings. The first kappa shape index (κ1) is 21.1. The van der Waals surface area contributed by atoms with Crippen molar-refractivity contribution in [2.45, 2.75) is 38.8 Å². The van der Waals surface area contributed by atoms with Gasteiger partial charge in [-0.25, -0.2) is 8.78 Å². The topological polar surface area (TPSA) is 32.3 Å². The van der Waals surface area contributed by atoms with Gasteiger partial charge in [0.1, 0.15) is 0 Å². The van der Waals surface area contributed by atoms with Gasteiger partial charge in [-0.3, -0.25) is 4.79 Å². The van der Waals surface area contributed by atoms with Crippen LogP contribution in [0.15, 0.2) is 36.4 Å². The molecule has 29 heavy (non-hydrogen) atoms.